The Morgan fingerprint density at radius 3 is 2.06 bits per heavy atom. The fourth-order valence-corrected chi connectivity index (χ4v) is 3.12. The van der Waals surface area contributed by atoms with Crippen molar-refractivity contribution in [2.75, 3.05) is 13.2 Å². The van der Waals surface area contributed by atoms with E-state index in [4.69, 9.17) is 14.5 Å². The second-order valence-electron chi connectivity index (χ2n) is 7.57. The zero-order valence-electron chi connectivity index (χ0n) is 18.8. The van der Waals surface area contributed by atoms with E-state index in [0.717, 1.165) is 42.6 Å². The van der Waals surface area contributed by atoms with Crippen molar-refractivity contribution in [1.82, 2.24) is 0 Å². The molecule has 0 aliphatic rings. The first kappa shape index (κ1) is 24.0. The molecule has 33 heavy (non-hydrogen) atoms. The Labute approximate surface area is 196 Å². The third kappa shape index (κ3) is 8.79. The second-order valence-corrected chi connectivity index (χ2v) is 7.57. The number of hydrogen-bond donors (Lipinski definition) is 0. The third-order valence-corrected chi connectivity index (χ3v) is 5.03. The highest BCUT2D eigenvalue weighted by Gasteiger charge is 2.00. The average molecular weight is 443 g/mol. The number of ether oxygens (including phenoxy) is 1. The van der Waals surface area contributed by atoms with E-state index in [-0.39, 0.29) is 5.78 Å². The van der Waals surface area contributed by atoms with Crippen LogP contribution in [0.1, 0.15) is 47.2 Å². The Kier molecular flexibility index (Phi) is 9.98. The molecule has 0 amide bonds. The highest BCUT2D eigenvalue weighted by molar-refractivity contribution is 6.06. The lowest BCUT2D eigenvalue weighted by Gasteiger charge is -2.07. The van der Waals surface area contributed by atoms with Gasteiger partial charge in [-0.2, -0.15) is 4.89 Å². The van der Waals surface area contributed by atoms with Gasteiger partial charge in [0.15, 0.2) is 11.5 Å². The maximum Gasteiger partial charge on any atom is 0.185 e. The van der Waals surface area contributed by atoms with Crippen LogP contribution in [0.5, 0.6) is 11.5 Å². The number of hydrogen-bond acceptors (Lipinski definition) is 4. The van der Waals surface area contributed by atoms with Crippen molar-refractivity contribution >= 4 is 17.9 Å². The first-order chi connectivity index (χ1) is 16.2. The molecule has 3 aromatic carbocycles. The second kappa shape index (κ2) is 13.7. The third-order valence-electron chi connectivity index (χ3n) is 5.03. The predicted molar refractivity (Wildman–Crippen MR) is 133 cm³/mol. The Hall–Kier alpha value is -3.63. The van der Waals surface area contributed by atoms with Crippen LogP contribution in [-0.4, -0.2) is 19.0 Å². The number of unbranched alkanes of at least 4 members (excludes halogenated alkanes) is 3. The summed E-state index contributed by atoms with van der Waals surface area (Å²) in [6, 6.07) is 24.6. The maximum absolute atomic E-state index is 12.1. The minimum Gasteiger partial charge on any atom is -0.494 e. The van der Waals surface area contributed by atoms with Crippen molar-refractivity contribution in [3.05, 3.63) is 108 Å². The number of carbonyl (C=O) groups is 1. The van der Waals surface area contributed by atoms with Crippen LogP contribution in [0.3, 0.4) is 0 Å². The summed E-state index contributed by atoms with van der Waals surface area (Å²) in [5.74, 6) is 1.51. The molecule has 0 saturated heterocycles. The molecule has 0 aliphatic heterocycles. The van der Waals surface area contributed by atoms with Gasteiger partial charge in [-0.3, -0.25) is 4.79 Å². The van der Waals surface area contributed by atoms with Crippen LogP contribution in [0, 0.1) is 0 Å². The summed E-state index contributed by atoms with van der Waals surface area (Å²) in [7, 11) is 0. The van der Waals surface area contributed by atoms with Crippen LogP contribution in [0.2, 0.25) is 0 Å². The zero-order valence-corrected chi connectivity index (χ0v) is 18.8. The molecule has 0 fully saturated rings. The fourth-order valence-electron chi connectivity index (χ4n) is 3.12. The van der Waals surface area contributed by atoms with Gasteiger partial charge in [0, 0.05) is 5.56 Å². The van der Waals surface area contributed by atoms with Gasteiger partial charge in [-0.25, -0.2) is 0 Å². The zero-order chi connectivity index (χ0) is 23.1. The standard InChI is InChI=1S/C29H30O4/c1-2-24-12-17-27(18-13-24)31-22-8-3-4-9-23-32-33-28-19-14-25(15-20-28)16-21-29(30)26-10-6-5-7-11-26/h2,5-7,10-21H,1,3-4,8-9,22-23H2/b21-16+. The van der Waals surface area contributed by atoms with E-state index < -0.39 is 0 Å². The van der Waals surface area contributed by atoms with Crippen LogP contribution < -0.4 is 9.62 Å². The predicted octanol–water partition coefficient (Wildman–Crippen LogP) is 7.18. The topological polar surface area (TPSA) is 44.8 Å². The number of benzene rings is 3. The quantitative estimate of drug-likeness (QED) is 0.0872. The van der Waals surface area contributed by atoms with E-state index in [1.165, 1.54) is 0 Å². The summed E-state index contributed by atoms with van der Waals surface area (Å²) in [6.45, 7) is 5.00. The molecule has 3 aromatic rings. The molecular formula is C29H30O4. The summed E-state index contributed by atoms with van der Waals surface area (Å²) < 4.78 is 5.74. The Bertz CT molecular complexity index is 1010. The molecule has 0 aromatic heterocycles. The monoisotopic (exact) mass is 442 g/mol. The number of allylic oxidation sites excluding steroid dienone is 1. The van der Waals surface area contributed by atoms with Gasteiger partial charge in [-0.1, -0.05) is 79.7 Å². The number of ketones is 1. The first-order valence-electron chi connectivity index (χ1n) is 11.3. The molecule has 0 atom stereocenters. The molecule has 170 valence electrons. The van der Waals surface area contributed by atoms with E-state index in [1.807, 2.05) is 72.8 Å². The molecule has 0 bridgehead atoms. The Balaban J connectivity index is 1.24. The largest absolute Gasteiger partial charge is 0.494 e. The van der Waals surface area contributed by atoms with E-state index in [1.54, 1.807) is 24.3 Å². The Morgan fingerprint density at radius 2 is 1.36 bits per heavy atom. The van der Waals surface area contributed by atoms with Gasteiger partial charge >= 0.3 is 0 Å². The molecule has 0 spiro atoms. The molecule has 4 heteroatoms. The van der Waals surface area contributed by atoms with Crippen LogP contribution in [0.15, 0.2) is 91.5 Å². The molecule has 0 saturated carbocycles. The lowest BCUT2D eigenvalue weighted by atomic mass is 10.1. The van der Waals surface area contributed by atoms with E-state index in [2.05, 4.69) is 6.58 Å². The molecule has 0 radical (unpaired) electrons. The molecule has 0 heterocycles. The van der Waals surface area contributed by atoms with Crippen LogP contribution >= 0.6 is 0 Å². The van der Waals surface area contributed by atoms with Crippen molar-refractivity contribution in [3.63, 3.8) is 0 Å². The van der Waals surface area contributed by atoms with Crippen LogP contribution in [0.25, 0.3) is 12.2 Å². The highest BCUT2D eigenvalue weighted by Crippen LogP contribution is 2.15. The maximum atomic E-state index is 12.1. The van der Waals surface area contributed by atoms with Crippen LogP contribution in [0.4, 0.5) is 0 Å². The summed E-state index contributed by atoms with van der Waals surface area (Å²) >= 11 is 0. The van der Waals surface area contributed by atoms with Gasteiger partial charge in [0.2, 0.25) is 0 Å². The minimum absolute atomic E-state index is 0.0204. The highest BCUT2D eigenvalue weighted by atomic mass is 17.2. The number of rotatable bonds is 14. The molecule has 4 nitrogen and oxygen atoms in total. The molecular weight excluding hydrogens is 412 g/mol. The number of carbonyl (C=O) groups excluding carboxylic acids is 1. The van der Waals surface area contributed by atoms with E-state index in [9.17, 15) is 4.79 Å². The summed E-state index contributed by atoms with van der Waals surface area (Å²) in [6.07, 6.45) is 9.26. The van der Waals surface area contributed by atoms with Gasteiger partial charge in [0.05, 0.1) is 13.2 Å². The van der Waals surface area contributed by atoms with Crippen LogP contribution in [-0.2, 0) is 4.89 Å². The Morgan fingerprint density at radius 1 is 0.727 bits per heavy atom. The first-order valence-corrected chi connectivity index (χ1v) is 11.3. The van der Waals surface area contributed by atoms with Gasteiger partial charge < -0.3 is 9.62 Å². The molecule has 0 N–H and O–H groups in total. The van der Waals surface area contributed by atoms with Gasteiger partial charge in [0.25, 0.3) is 0 Å². The summed E-state index contributed by atoms with van der Waals surface area (Å²) in [5.41, 5.74) is 2.69. The SMILES string of the molecule is C=Cc1ccc(OCCCCCCOOc2ccc(/C=C/C(=O)c3ccccc3)cc2)cc1. The molecule has 0 unspecified atom stereocenters. The minimum atomic E-state index is -0.0204. The van der Waals surface area contributed by atoms with Crippen molar-refractivity contribution in [3.8, 4) is 11.5 Å². The summed E-state index contributed by atoms with van der Waals surface area (Å²) in [4.78, 5) is 22.8. The lowest BCUT2D eigenvalue weighted by molar-refractivity contribution is -0.207. The normalized spacial score (nSPS) is 10.8. The van der Waals surface area contributed by atoms with Gasteiger partial charge in [-0.15, -0.1) is 0 Å². The van der Waals surface area contributed by atoms with Crippen molar-refractivity contribution in [2.45, 2.75) is 25.7 Å². The van der Waals surface area contributed by atoms with Crippen molar-refractivity contribution < 1.29 is 19.3 Å². The summed E-state index contributed by atoms with van der Waals surface area (Å²) in [5, 5.41) is 0. The van der Waals surface area contributed by atoms with E-state index in [0.29, 0.717) is 24.5 Å². The van der Waals surface area contributed by atoms with Gasteiger partial charge in [-0.05, 0) is 60.7 Å². The average Bonchev–Trinajstić information content (AvgIpc) is 2.88. The van der Waals surface area contributed by atoms with Crippen molar-refractivity contribution in [2.24, 2.45) is 0 Å². The fraction of sp³-hybridized carbons (Fsp3) is 0.207. The van der Waals surface area contributed by atoms with E-state index >= 15 is 0 Å². The molecule has 3 rings (SSSR count). The van der Waals surface area contributed by atoms with Crippen molar-refractivity contribution in [1.29, 1.82) is 0 Å². The van der Waals surface area contributed by atoms with Gasteiger partial charge in [0.1, 0.15) is 5.75 Å². The molecule has 0 aliphatic carbocycles. The lowest BCUT2D eigenvalue weighted by Crippen LogP contribution is -2.01. The smallest absolute Gasteiger partial charge is 0.185 e.